The molecule has 1 aromatic heterocycles. The molecule has 0 N–H and O–H groups in total. The number of anilines is 1. The first-order valence-electron chi connectivity index (χ1n) is 5.73. The van der Waals surface area contributed by atoms with Gasteiger partial charge in [-0.05, 0) is 25.0 Å². The molecule has 3 nitrogen and oxygen atoms in total. The summed E-state index contributed by atoms with van der Waals surface area (Å²) in [6, 6.07) is 3.15. The molecule has 1 aliphatic heterocycles. The van der Waals surface area contributed by atoms with Gasteiger partial charge in [0, 0.05) is 24.8 Å². The number of nitrogens with zero attached hydrogens (tertiary/aromatic N) is 2. The number of carbonyl (C=O) groups excluding carboxylic acids is 1. The van der Waals surface area contributed by atoms with Crippen molar-refractivity contribution in [1.82, 2.24) is 4.98 Å². The van der Waals surface area contributed by atoms with Gasteiger partial charge in [0.15, 0.2) is 6.29 Å². The standard InChI is InChI=1S/C12H13F3N2O/c13-12(14,15)10-2-1-5-17(7-10)11-4-3-9(8-18)6-16-11/h3-4,6,8,10H,1-2,5,7H2. The lowest BCUT2D eigenvalue weighted by atomic mass is 9.97. The van der Waals surface area contributed by atoms with Crippen LogP contribution in [0.5, 0.6) is 0 Å². The van der Waals surface area contributed by atoms with E-state index >= 15 is 0 Å². The Morgan fingerprint density at radius 1 is 1.39 bits per heavy atom. The zero-order chi connectivity index (χ0) is 13.2. The van der Waals surface area contributed by atoms with E-state index in [9.17, 15) is 18.0 Å². The summed E-state index contributed by atoms with van der Waals surface area (Å²) in [5.41, 5.74) is 0.420. The molecule has 98 valence electrons. The molecule has 18 heavy (non-hydrogen) atoms. The van der Waals surface area contributed by atoms with E-state index in [0.29, 0.717) is 30.6 Å². The number of aromatic nitrogens is 1. The van der Waals surface area contributed by atoms with Gasteiger partial charge in [0.1, 0.15) is 5.82 Å². The predicted octanol–water partition coefficient (Wildman–Crippen LogP) is 2.67. The Labute approximate surface area is 103 Å². The van der Waals surface area contributed by atoms with Crippen LogP contribution in [0.3, 0.4) is 0 Å². The van der Waals surface area contributed by atoms with E-state index in [-0.39, 0.29) is 13.0 Å². The molecule has 0 spiro atoms. The fourth-order valence-electron chi connectivity index (χ4n) is 2.11. The number of aldehydes is 1. The SMILES string of the molecule is O=Cc1ccc(N2CCCC(C(F)(F)F)C2)nc1. The molecule has 0 saturated carbocycles. The van der Waals surface area contributed by atoms with Gasteiger partial charge in [0.25, 0.3) is 0 Å². The molecule has 2 rings (SSSR count). The maximum Gasteiger partial charge on any atom is 0.393 e. The molecule has 6 heteroatoms. The van der Waals surface area contributed by atoms with Crippen LogP contribution in [0.25, 0.3) is 0 Å². The molecular weight excluding hydrogens is 245 g/mol. The zero-order valence-electron chi connectivity index (χ0n) is 9.65. The average molecular weight is 258 g/mol. The van der Waals surface area contributed by atoms with E-state index in [4.69, 9.17) is 0 Å². The van der Waals surface area contributed by atoms with Crippen LogP contribution >= 0.6 is 0 Å². The Kier molecular flexibility index (Phi) is 3.54. The lowest BCUT2D eigenvalue weighted by molar-refractivity contribution is -0.176. The molecule has 1 saturated heterocycles. The van der Waals surface area contributed by atoms with Crippen molar-refractivity contribution in [2.24, 2.45) is 5.92 Å². The van der Waals surface area contributed by atoms with E-state index in [1.165, 1.54) is 6.20 Å². The smallest absolute Gasteiger partial charge is 0.356 e. The Morgan fingerprint density at radius 3 is 2.72 bits per heavy atom. The number of piperidine rings is 1. The third-order valence-corrected chi connectivity index (χ3v) is 3.12. The van der Waals surface area contributed by atoms with E-state index < -0.39 is 12.1 Å². The summed E-state index contributed by atoms with van der Waals surface area (Å²) in [6.07, 6.45) is -1.44. The molecule has 1 fully saturated rings. The highest BCUT2D eigenvalue weighted by molar-refractivity contribution is 5.74. The predicted molar refractivity (Wildman–Crippen MR) is 60.6 cm³/mol. The third-order valence-electron chi connectivity index (χ3n) is 3.12. The van der Waals surface area contributed by atoms with Gasteiger partial charge >= 0.3 is 6.18 Å². The highest BCUT2D eigenvalue weighted by atomic mass is 19.4. The average Bonchev–Trinajstić information content (AvgIpc) is 2.38. The monoisotopic (exact) mass is 258 g/mol. The van der Waals surface area contributed by atoms with Crippen molar-refractivity contribution in [1.29, 1.82) is 0 Å². The van der Waals surface area contributed by atoms with E-state index in [2.05, 4.69) is 4.98 Å². The van der Waals surface area contributed by atoms with Gasteiger partial charge in [0.05, 0.1) is 5.92 Å². The van der Waals surface area contributed by atoms with Crippen molar-refractivity contribution in [3.05, 3.63) is 23.9 Å². The van der Waals surface area contributed by atoms with E-state index in [1.807, 2.05) is 0 Å². The second-order valence-corrected chi connectivity index (χ2v) is 4.39. The fourth-order valence-corrected chi connectivity index (χ4v) is 2.11. The van der Waals surface area contributed by atoms with Gasteiger partial charge < -0.3 is 4.90 Å². The molecule has 1 unspecified atom stereocenters. The van der Waals surface area contributed by atoms with Crippen molar-refractivity contribution < 1.29 is 18.0 Å². The van der Waals surface area contributed by atoms with Crippen LogP contribution in [-0.2, 0) is 0 Å². The molecule has 1 aromatic rings. The first-order chi connectivity index (χ1) is 8.50. The summed E-state index contributed by atoms with van der Waals surface area (Å²) in [5, 5.41) is 0. The highest BCUT2D eigenvalue weighted by Crippen LogP contribution is 2.34. The van der Waals surface area contributed by atoms with Crippen LogP contribution in [0.15, 0.2) is 18.3 Å². The summed E-state index contributed by atoms with van der Waals surface area (Å²) >= 11 is 0. The van der Waals surface area contributed by atoms with Crippen molar-refractivity contribution in [3.63, 3.8) is 0 Å². The van der Waals surface area contributed by atoms with Gasteiger partial charge in [0.2, 0.25) is 0 Å². The van der Waals surface area contributed by atoms with Crippen LogP contribution in [0, 0.1) is 5.92 Å². The molecule has 0 aliphatic carbocycles. The fraction of sp³-hybridized carbons (Fsp3) is 0.500. The number of hydrogen-bond donors (Lipinski definition) is 0. The highest BCUT2D eigenvalue weighted by Gasteiger charge is 2.41. The van der Waals surface area contributed by atoms with Crippen molar-refractivity contribution >= 4 is 12.1 Å². The maximum atomic E-state index is 12.7. The largest absolute Gasteiger partial charge is 0.393 e. The number of hydrogen-bond acceptors (Lipinski definition) is 3. The van der Waals surface area contributed by atoms with Crippen molar-refractivity contribution in [2.75, 3.05) is 18.0 Å². The summed E-state index contributed by atoms with van der Waals surface area (Å²) in [4.78, 5) is 16.1. The van der Waals surface area contributed by atoms with Gasteiger partial charge in [-0.2, -0.15) is 13.2 Å². The molecule has 0 bridgehead atoms. The normalized spacial score (nSPS) is 20.8. The maximum absolute atomic E-state index is 12.7. The Hall–Kier alpha value is -1.59. The summed E-state index contributed by atoms with van der Waals surface area (Å²) in [6.45, 7) is 0.511. The van der Waals surface area contributed by atoms with Crippen LogP contribution in [0.1, 0.15) is 23.2 Å². The summed E-state index contributed by atoms with van der Waals surface area (Å²) in [5.74, 6) is -0.798. The number of pyridine rings is 1. The molecule has 1 aliphatic rings. The molecule has 0 radical (unpaired) electrons. The molecule has 0 aromatic carbocycles. The zero-order valence-corrected chi connectivity index (χ0v) is 9.65. The first kappa shape index (κ1) is 12.9. The van der Waals surface area contributed by atoms with Gasteiger partial charge in [-0.25, -0.2) is 4.98 Å². The first-order valence-corrected chi connectivity index (χ1v) is 5.73. The van der Waals surface area contributed by atoms with Crippen LogP contribution in [0.4, 0.5) is 19.0 Å². The van der Waals surface area contributed by atoms with Crippen LogP contribution < -0.4 is 4.90 Å². The number of rotatable bonds is 2. The number of halogens is 3. The minimum absolute atomic E-state index is 0.0586. The minimum atomic E-state index is -4.15. The van der Waals surface area contributed by atoms with Crippen molar-refractivity contribution in [2.45, 2.75) is 19.0 Å². The quantitative estimate of drug-likeness (QED) is 0.765. The second kappa shape index (κ2) is 4.96. The molecular formula is C12H13F3N2O. The van der Waals surface area contributed by atoms with E-state index in [0.717, 1.165) is 0 Å². The Morgan fingerprint density at radius 2 is 2.17 bits per heavy atom. The lowest BCUT2D eigenvalue weighted by Gasteiger charge is -2.34. The van der Waals surface area contributed by atoms with Crippen LogP contribution in [-0.4, -0.2) is 30.5 Å². The lowest BCUT2D eigenvalue weighted by Crippen LogP contribution is -2.42. The van der Waals surface area contributed by atoms with Gasteiger partial charge in [-0.3, -0.25) is 4.79 Å². The van der Waals surface area contributed by atoms with Crippen LogP contribution in [0.2, 0.25) is 0 Å². The number of alkyl halides is 3. The Bertz CT molecular complexity index is 416. The van der Waals surface area contributed by atoms with E-state index in [1.54, 1.807) is 17.0 Å². The third kappa shape index (κ3) is 2.80. The summed E-state index contributed by atoms with van der Waals surface area (Å²) in [7, 11) is 0. The Balaban J connectivity index is 2.10. The second-order valence-electron chi connectivity index (χ2n) is 4.39. The van der Waals surface area contributed by atoms with Crippen molar-refractivity contribution in [3.8, 4) is 0 Å². The summed E-state index contributed by atoms with van der Waals surface area (Å²) < 4.78 is 38.0. The molecule has 2 heterocycles. The minimum Gasteiger partial charge on any atom is -0.356 e. The van der Waals surface area contributed by atoms with Gasteiger partial charge in [-0.15, -0.1) is 0 Å². The molecule has 1 atom stereocenters. The number of carbonyl (C=O) groups is 1. The van der Waals surface area contributed by atoms with Gasteiger partial charge in [-0.1, -0.05) is 0 Å². The molecule has 0 amide bonds. The topological polar surface area (TPSA) is 33.2 Å².